The van der Waals surface area contributed by atoms with E-state index >= 15 is 0 Å². The molecule has 0 heterocycles. The van der Waals surface area contributed by atoms with Gasteiger partial charge < -0.3 is 9.79 Å². The van der Waals surface area contributed by atoms with Crippen LogP contribution in [0.2, 0.25) is 0 Å². The van der Waals surface area contributed by atoms with Crippen LogP contribution in [-0.2, 0) is 4.57 Å². The highest BCUT2D eigenvalue weighted by atomic mass is 31.2. The quantitative estimate of drug-likeness (QED) is 0.746. The molecule has 0 aromatic carbocycles. The van der Waals surface area contributed by atoms with Crippen molar-refractivity contribution >= 4 is 7.60 Å². The van der Waals surface area contributed by atoms with E-state index in [1.807, 2.05) is 41.5 Å². The van der Waals surface area contributed by atoms with E-state index in [9.17, 15) is 14.4 Å². The maximum atomic E-state index is 11.8. The Labute approximate surface area is 99.8 Å². The summed E-state index contributed by atoms with van der Waals surface area (Å²) in [6, 6.07) is 0. The molecule has 0 saturated carbocycles. The molecule has 0 aliphatic heterocycles. The van der Waals surface area contributed by atoms with E-state index in [0.29, 0.717) is 6.42 Å². The summed E-state index contributed by atoms with van der Waals surface area (Å²) >= 11 is 0. The molecule has 0 aliphatic carbocycles. The van der Waals surface area contributed by atoms with Crippen molar-refractivity contribution in [3.63, 3.8) is 0 Å². The Bertz CT molecular complexity index is 285. The van der Waals surface area contributed by atoms with Crippen LogP contribution < -0.4 is 0 Å². The van der Waals surface area contributed by atoms with E-state index in [0.717, 1.165) is 6.42 Å². The Morgan fingerprint density at radius 3 is 1.56 bits per heavy atom. The van der Waals surface area contributed by atoms with Crippen LogP contribution in [0.4, 0.5) is 0 Å². The summed E-state index contributed by atoms with van der Waals surface area (Å²) < 4.78 is 11.8. The third kappa shape index (κ3) is 3.32. The average Bonchev–Trinajstić information content (AvgIpc) is 1.98. The van der Waals surface area contributed by atoms with Crippen molar-refractivity contribution in [1.82, 2.24) is 0 Å². The van der Waals surface area contributed by atoms with E-state index in [2.05, 4.69) is 0 Å². The Kier molecular flexibility index (Phi) is 4.48. The fourth-order valence-electron chi connectivity index (χ4n) is 2.15. The van der Waals surface area contributed by atoms with Crippen LogP contribution in [0.1, 0.15) is 61.3 Å². The standard InChI is InChI=1S/C12H27O3P/c1-8-11(5,6)12(7,16(13,14)15)9-10(2,3)4/h8-9H2,1-7H3,(H2,13,14,15). The zero-order chi connectivity index (χ0) is 13.4. The zero-order valence-electron chi connectivity index (χ0n) is 11.7. The molecular formula is C12H27O3P. The first-order valence-electron chi connectivity index (χ1n) is 5.82. The van der Waals surface area contributed by atoms with E-state index in [-0.39, 0.29) is 10.8 Å². The van der Waals surface area contributed by atoms with Gasteiger partial charge in [0.2, 0.25) is 0 Å². The summed E-state index contributed by atoms with van der Waals surface area (Å²) in [5, 5.41) is -0.965. The molecule has 0 aliphatic rings. The molecule has 98 valence electrons. The minimum Gasteiger partial charge on any atom is -0.324 e. The molecule has 0 fully saturated rings. The molecule has 0 radical (unpaired) electrons. The van der Waals surface area contributed by atoms with Crippen molar-refractivity contribution in [2.24, 2.45) is 10.8 Å². The summed E-state index contributed by atoms with van der Waals surface area (Å²) in [5.74, 6) is 0. The van der Waals surface area contributed by atoms with Crippen molar-refractivity contribution in [3.8, 4) is 0 Å². The molecule has 0 spiro atoms. The van der Waals surface area contributed by atoms with Crippen LogP contribution >= 0.6 is 7.60 Å². The molecule has 4 heteroatoms. The van der Waals surface area contributed by atoms with Crippen molar-refractivity contribution in [3.05, 3.63) is 0 Å². The lowest BCUT2D eigenvalue weighted by Crippen LogP contribution is -2.44. The predicted molar refractivity (Wildman–Crippen MR) is 68.6 cm³/mol. The first-order chi connectivity index (χ1) is 6.77. The molecule has 0 saturated heterocycles. The normalized spacial score (nSPS) is 18.3. The molecule has 0 aromatic heterocycles. The lowest BCUT2D eigenvalue weighted by molar-refractivity contribution is 0.148. The van der Waals surface area contributed by atoms with Crippen LogP contribution in [0.25, 0.3) is 0 Å². The van der Waals surface area contributed by atoms with E-state index in [4.69, 9.17) is 0 Å². The molecule has 0 bridgehead atoms. The van der Waals surface area contributed by atoms with Crippen molar-refractivity contribution < 1.29 is 14.4 Å². The average molecular weight is 250 g/mol. The highest BCUT2D eigenvalue weighted by molar-refractivity contribution is 7.53. The summed E-state index contributed by atoms with van der Waals surface area (Å²) in [7, 11) is -4.12. The lowest BCUT2D eigenvalue weighted by atomic mass is 9.70. The molecule has 3 nitrogen and oxygen atoms in total. The topological polar surface area (TPSA) is 57.5 Å². The molecule has 2 N–H and O–H groups in total. The molecular weight excluding hydrogens is 223 g/mol. The second-order valence-electron chi connectivity index (χ2n) is 6.79. The maximum Gasteiger partial charge on any atom is 0.331 e. The van der Waals surface area contributed by atoms with Crippen LogP contribution in [-0.4, -0.2) is 14.9 Å². The molecule has 0 rings (SSSR count). The second-order valence-corrected chi connectivity index (χ2v) is 8.87. The zero-order valence-corrected chi connectivity index (χ0v) is 12.6. The van der Waals surface area contributed by atoms with Gasteiger partial charge in [0, 0.05) is 0 Å². The van der Waals surface area contributed by atoms with Crippen molar-refractivity contribution in [1.29, 1.82) is 0 Å². The van der Waals surface area contributed by atoms with Gasteiger partial charge in [-0.15, -0.1) is 0 Å². The van der Waals surface area contributed by atoms with Gasteiger partial charge in [0.25, 0.3) is 0 Å². The Morgan fingerprint density at radius 2 is 1.38 bits per heavy atom. The van der Waals surface area contributed by atoms with Gasteiger partial charge in [0.15, 0.2) is 0 Å². The van der Waals surface area contributed by atoms with Gasteiger partial charge >= 0.3 is 7.60 Å². The Morgan fingerprint density at radius 1 is 1.00 bits per heavy atom. The second kappa shape index (κ2) is 4.44. The van der Waals surface area contributed by atoms with Gasteiger partial charge in [-0.1, -0.05) is 41.5 Å². The van der Waals surface area contributed by atoms with Crippen LogP contribution in [0.5, 0.6) is 0 Å². The number of hydrogen-bond acceptors (Lipinski definition) is 1. The van der Waals surface area contributed by atoms with Crippen molar-refractivity contribution in [2.45, 2.75) is 66.5 Å². The SMILES string of the molecule is CCC(C)(C)C(C)(CC(C)(C)C)P(=O)(O)O. The van der Waals surface area contributed by atoms with E-state index in [1.54, 1.807) is 6.92 Å². The number of rotatable bonds is 4. The lowest BCUT2D eigenvalue weighted by Gasteiger charge is -2.47. The monoisotopic (exact) mass is 250 g/mol. The first-order valence-corrected chi connectivity index (χ1v) is 7.44. The van der Waals surface area contributed by atoms with Gasteiger partial charge in [-0.25, -0.2) is 0 Å². The van der Waals surface area contributed by atoms with Crippen LogP contribution in [0.3, 0.4) is 0 Å². The minimum absolute atomic E-state index is 0.0949. The number of hydrogen-bond donors (Lipinski definition) is 2. The van der Waals surface area contributed by atoms with Gasteiger partial charge in [-0.3, -0.25) is 4.57 Å². The third-order valence-electron chi connectivity index (χ3n) is 3.86. The fourth-order valence-corrected chi connectivity index (χ4v) is 3.78. The fraction of sp³-hybridized carbons (Fsp3) is 1.00. The van der Waals surface area contributed by atoms with E-state index in [1.165, 1.54) is 0 Å². The predicted octanol–water partition coefficient (Wildman–Crippen LogP) is 3.80. The molecule has 1 unspecified atom stereocenters. The van der Waals surface area contributed by atoms with Crippen molar-refractivity contribution in [2.75, 3.05) is 0 Å². The Hall–Kier alpha value is 0.150. The maximum absolute atomic E-state index is 11.8. The highest BCUT2D eigenvalue weighted by Gasteiger charge is 2.53. The van der Waals surface area contributed by atoms with Gasteiger partial charge in [-0.2, -0.15) is 0 Å². The van der Waals surface area contributed by atoms with E-state index < -0.39 is 12.8 Å². The first kappa shape index (κ1) is 16.1. The molecule has 0 amide bonds. The largest absolute Gasteiger partial charge is 0.331 e. The van der Waals surface area contributed by atoms with Gasteiger partial charge in [-0.05, 0) is 30.6 Å². The molecule has 16 heavy (non-hydrogen) atoms. The summed E-state index contributed by atoms with van der Waals surface area (Å²) in [4.78, 5) is 19.4. The van der Waals surface area contributed by atoms with Gasteiger partial charge in [0.1, 0.15) is 0 Å². The summed E-state index contributed by atoms with van der Waals surface area (Å²) in [6.45, 7) is 13.7. The van der Waals surface area contributed by atoms with Crippen LogP contribution in [0, 0.1) is 10.8 Å². The Balaban J connectivity index is 5.49. The molecule has 1 atom stereocenters. The van der Waals surface area contributed by atoms with Gasteiger partial charge in [0.05, 0.1) is 5.16 Å². The summed E-state index contributed by atoms with van der Waals surface area (Å²) in [6.07, 6.45) is 1.27. The van der Waals surface area contributed by atoms with Crippen LogP contribution in [0.15, 0.2) is 0 Å². The highest BCUT2D eigenvalue weighted by Crippen LogP contribution is 2.63. The molecule has 0 aromatic rings. The summed E-state index contributed by atoms with van der Waals surface area (Å²) in [5.41, 5.74) is -0.471. The third-order valence-corrected chi connectivity index (χ3v) is 5.91. The smallest absolute Gasteiger partial charge is 0.324 e. The minimum atomic E-state index is -4.12.